The predicted octanol–water partition coefficient (Wildman–Crippen LogP) is 1.49. The quantitative estimate of drug-likeness (QED) is 0.787. The summed E-state index contributed by atoms with van der Waals surface area (Å²) in [5.74, 6) is -0.212. The SMILES string of the molecule is CO[C@@H]1O[C@@H]2COC(c3ccccc3)O[C@H]2/C(=C/N(C)C)C1=O. The van der Waals surface area contributed by atoms with E-state index in [1.807, 2.05) is 49.3 Å². The number of hydrogen-bond donors (Lipinski definition) is 0. The van der Waals surface area contributed by atoms with E-state index in [2.05, 4.69) is 0 Å². The van der Waals surface area contributed by atoms with Crippen LogP contribution in [0.3, 0.4) is 0 Å². The third-order valence-electron chi connectivity index (χ3n) is 3.81. The molecule has 0 aromatic heterocycles. The van der Waals surface area contributed by atoms with Gasteiger partial charge >= 0.3 is 0 Å². The summed E-state index contributed by atoms with van der Waals surface area (Å²) in [5, 5.41) is 0. The van der Waals surface area contributed by atoms with Crippen LogP contribution >= 0.6 is 0 Å². The van der Waals surface area contributed by atoms with Gasteiger partial charge in [-0.25, -0.2) is 0 Å². The van der Waals surface area contributed by atoms with E-state index < -0.39 is 18.7 Å². The second kappa shape index (κ2) is 6.80. The normalized spacial score (nSPS) is 32.7. The predicted molar refractivity (Wildman–Crippen MR) is 82.5 cm³/mol. The lowest BCUT2D eigenvalue weighted by molar-refractivity contribution is -0.288. The van der Waals surface area contributed by atoms with Crippen molar-refractivity contribution in [2.24, 2.45) is 0 Å². The molecule has 2 fully saturated rings. The molecule has 2 saturated heterocycles. The first kappa shape index (κ1) is 16.1. The Hall–Kier alpha value is -1.73. The Morgan fingerprint density at radius 1 is 1.22 bits per heavy atom. The van der Waals surface area contributed by atoms with Crippen molar-refractivity contribution in [1.82, 2.24) is 4.90 Å². The largest absolute Gasteiger partial charge is 0.383 e. The Bertz CT molecular complexity index is 586. The number of carbonyl (C=O) groups excluding carboxylic acids is 1. The number of hydrogen-bond acceptors (Lipinski definition) is 6. The molecule has 2 aliphatic rings. The van der Waals surface area contributed by atoms with E-state index in [0.717, 1.165) is 5.56 Å². The van der Waals surface area contributed by atoms with Crippen molar-refractivity contribution in [3.8, 4) is 0 Å². The van der Waals surface area contributed by atoms with E-state index in [0.29, 0.717) is 12.2 Å². The molecule has 3 rings (SSSR count). The lowest BCUT2D eigenvalue weighted by Crippen LogP contribution is -2.53. The van der Waals surface area contributed by atoms with Gasteiger partial charge in [0.25, 0.3) is 0 Å². The van der Waals surface area contributed by atoms with Crippen LogP contribution in [0, 0.1) is 0 Å². The van der Waals surface area contributed by atoms with E-state index in [1.54, 1.807) is 6.20 Å². The van der Waals surface area contributed by atoms with Crippen LogP contribution in [-0.2, 0) is 23.7 Å². The van der Waals surface area contributed by atoms with Crippen molar-refractivity contribution in [3.63, 3.8) is 0 Å². The Morgan fingerprint density at radius 2 is 1.96 bits per heavy atom. The number of ketones is 1. The van der Waals surface area contributed by atoms with E-state index in [-0.39, 0.29) is 11.9 Å². The fraction of sp³-hybridized carbons (Fsp3) is 0.471. The molecule has 0 amide bonds. The average Bonchev–Trinajstić information content (AvgIpc) is 2.57. The average molecular weight is 319 g/mol. The van der Waals surface area contributed by atoms with Gasteiger partial charge in [0.15, 0.2) is 6.29 Å². The molecule has 124 valence electrons. The number of benzene rings is 1. The summed E-state index contributed by atoms with van der Waals surface area (Å²) in [4.78, 5) is 14.3. The Balaban J connectivity index is 1.87. The molecular weight excluding hydrogens is 298 g/mol. The molecule has 6 nitrogen and oxygen atoms in total. The standard InChI is InChI=1S/C17H21NO5/c1-18(2)9-12-14(19)17(20-3)22-13-10-21-16(23-15(12)13)11-7-5-4-6-8-11/h4-9,13,15-17H,10H2,1-3H3/b12-9+/t13-,15+,16?,17-/m1/s1. The molecule has 6 heteroatoms. The smallest absolute Gasteiger partial charge is 0.222 e. The number of fused-ring (bicyclic) bond motifs is 1. The molecule has 0 N–H and O–H groups in total. The third-order valence-corrected chi connectivity index (χ3v) is 3.81. The summed E-state index contributed by atoms with van der Waals surface area (Å²) in [6.45, 7) is 0.335. The first-order valence-corrected chi connectivity index (χ1v) is 7.52. The highest BCUT2D eigenvalue weighted by Crippen LogP contribution is 2.35. The minimum absolute atomic E-state index is 0.212. The first-order chi connectivity index (χ1) is 11.1. The maximum absolute atomic E-state index is 12.5. The van der Waals surface area contributed by atoms with Crippen LogP contribution < -0.4 is 0 Å². The zero-order chi connectivity index (χ0) is 16.4. The highest BCUT2D eigenvalue weighted by Gasteiger charge is 2.46. The molecule has 4 atom stereocenters. The fourth-order valence-corrected chi connectivity index (χ4v) is 2.77. The number of carbonyl (C=O) groups is 1. The Labute approximate surface area is 135 Å². The lowest BCUT2D eigenvalue weighted by atomic mass is 9.96. The Kier molecular flexibility index (Phi) is 4.77. The highest BCUT2D eigenvalue weighted by atomic mass is 16.7. The van der Waals surface area contributed by atoms with Gasteiger partial charge in [0.2, 0.25) is 12.1 Å². The molecule has 2 aliphatic heterocycles. The molecule has 0 spiro atoms. The maximum atomic E-state index is 12.5. The summed E-state index contributed by atoms with van der Waals surface area (Å²) in [6, 6.07) is 9.65. The molecule has 2 heterocycles. The van der Waals surface area contributed by atoms with Gasteiger partial charge in [-0.05, 0) is 0 Å². The van der Waals surface area contributed by atoms with Crippen molar-refractivity contribution in [3.05, 3.63) is 47.7 Å². The van der Waals surface area contributed by atoms with Gasteiger partial charge in [0, 0.05) is 38.5 Å². The van der Waals surface area contributed by atoms with Crippen LogP contribution in [0.25, 0.3) is 0 Å². The van der Waals surface area contributed by atoms with Gasteiger partial charge in [0.05, 0.1) is 6.61 Å². The van der Waals surface area contributed by atoms with Gasteiger partial charge < -0.3 is 23.8 Å². The molecule has 1 aromatic carbocycles. The monoisotopic (exact) mass is 319 g/mol. The van der Waals surface area contributed by atoms with Crippen LogP contribution in [0.4, 0.5) is 0 Å². The highest BCUT2D eigenvalue weighted by molar-refractivity contribution is 5.99. The first-order valence-electron chi connectivity index (χ1n) is 7.52. The molecule has 0 saturated carbocycles. The molecule has 0 aliphatic carbocycles. The van der Waals surface area contributed by atoms with Gasteiger partial charge in [0.1, 0.15) is 12.2 Å². The van der Waals surface area contributed by atoms with Gasteiger partial charge in [-0.3, -0.25) is 4.79 Å². The van der Waals surface area contributed by atoms with Crippen molar-refractivity contribution in [1.29, 1.82) is 0 Å². The topological polar surface area (TPSA) is 57.2 Å². The maximum Gasteiger partial charge on any atom is 0.222 e. The summed E-state index contributed by atoms with van der Waals surface area (Å²) in [6.07, 6.45) is -0.512. The van der Waals surface area contributed by atoms with E-state index in [4.69, 9.17) is 18.9 Å². The molecular formula is C17H21NO5. The van der Waals surface area contributed by atoms with E-state index >= 15 is 0 Å². The second-order valence-electron chi connectivity index (χ2n) is 5.79. The van der Waals surface area contributed by atoms with Crippen molar-refractivity contribution < 1.29 is 23.7 Å². The number of nitrogens with zero attached hydrogens (tertiary/aromatic N) is 1. The number of Topliss-reactive ketones (excluding diaryl/α,β-unsaturated/α-hetero) is 1. The number of ether oxygens (including phenoxy) is 4. The molecule has 1 unspecified atom stereocenters. The van der Waals surface area contributed by atoms with Crippen LogP contribution in [-0.4, -0.2) is 57.0 Å². The third kappa shape index (κ3) is 3.30. The van der Waals surface area contributed by atoms with Crippen molar-refractivity contribution in [2.75, 3.05) is 27.8 Å². The summed E-state index contributed by atoms with van der Waals surface area (Å²) in [5.41, 5.74) is 1.46. The zero-order valence-corrected chi connectivity index (χ0v) is 13.5. The minimum atomic E-state index is -0.914. The van der Waals surface area contributed by atoms with Gasteiger partial charge in [-0.2, -0.15) is 0 Å². The summed E-state index contributed by atoms with van der Waals surface area (Å²) in [7, 11) is 5.18. The minimum Gasteiger partial charge on any atom is -0.383 e. The molecule has 0 radical (unpaired) electrons. The van der Waals surface area contributed by atoms with Crippen molar-refractivity contribution in [2.45, 2.75) is 24.8 Å². The van der Waals surface area contributed by atoms with Gasteiger partial charge in [-0.1, -0.05) is 30.3 Å². The summed E-state index contributed by atoms with van der Waals surface area (Å²) >= 11 is 0. The van der Waals surface area contributed by atoms with Crippen LogP contribution in [0.5, 0.6) is 0 Å². The lowest BCUT2D eigenvalue weighted by Gasteiger charge is -2.42. The number of rotatable bonds is 3. The Morgan fingerprint density at radius 3 is 2.61 bits per heavy atom. The van der Waals surface area contributed by atoms with E-state index in [1.165, 1.54) is 7.11 Å². The molecule has 1 aromatic rings. The number of methoxy groups -OCH3 is 1. The molecule has 23 heavy (non-hydrogen) atoms. The molecule has 0 bridgehead atoms. The summed E-state index contributed by atoms with van der Waals surface area (Å²) < 4.78 is 22.6. The fourth-order valence-electron chi connectivity index (χ4n) is 2.77. The van der Waals surface area contributed by atoms with Crippen LogP contribution in [0.1, 0.15) is 11.9 Å². The zero-order valence-electron chi connectivity index (χ0n) is 13.5. The van der Waals surface area contributed by atoms with Crippen LogP contribution in [0.15, 0.2) is 42.1 Å². The van der Waals surface area contributed by atoms with Crippen molar-refractivity contribution >= 4 is 5.78 Å². The second-order valence-corrected chi connectivity index (χ2v) is 5.79. The van der Waals surface area contributed by atoms with Crippen LogP contribution in [0.2, 0.25) is 0 Å². The van der Waals surface area contributed by atoms with E-state index in [9.17, 15) is 4.79 Å². The van der Waals surface area contributed by atoms with Gasteiger partial charge in [-0.15, -0.1) is 0 Å².